The molecule has 2 atom stereocenters. The van der Waals surface area contributed by atoms with Gasteiger partial charge in [0.2, 0.25) is 0 Å². The molecule has 3 rings (SSSR count). The summed E-state index contributed by atoms with van der Waals surface area (Å²) in [6.45, 7) is 8.41. The van der Waals surface area contributed by atoms with Gasteiger partial charge < -0.3 is 34.9 Å². The average molecular weight is 548 g/mol. The summed E-state index contributed by atoms with van der Waals surface area (Å²) in [7, 11) is 3.25. The lowest BCUT2D eigenvalue weighted by Gasteiger charge is -2.32. The van der Waals surface area contributed by atoms with Crippen LogP contribution in [0.5, 0.6) is 11.5 Å². The molecule has 0 spiro atoms. The quantitative estimate of drug-likeness (QED) is 0.271. The Morgan fingerprint density at radius 1 is 1.10 bits per heavy atom. The van der Waals surface area contributed by atoms with Gasteiger partial charge in [-0.25, -0.2) is 0 Å². The molecule has 1 saturated carbocycles. The molecule has 1 aromatic carbocycles. The Morgan fingerprint density at radius 2 is 1.85 bits per heavy atom. The summed E-state index contributed by atoms with van der Waals surface area (Å²) in [5.74, 6) is 1.75. The van der Waals surface area contributed by atoms with E-state index in [1.54, 1.807) is 32.4 Å². The number of carbonyl (C=O) groups excluding carboxylic acids is 2. The molecule has 3 N–H and O–H groups in total. The Bertz CT molecular complexity index is 918. The summed E-state index contributed by atoms with van der Waals surface area (Å²) in [5, 5.41) is 17.5. The molecule has 1 amide bonds. The van der Waals surface area contributed by atoms with Crippen molar-refractivity contribution in [3.8, 4) is 11.5 Å². The van der Waals surface area contributed by atoms with Gasteiger partial charge in [-0.2, -0.15) is 0 Å². The number of amides is 1. The van der Waals surface area contributed by atoms with E-state index in [2.05, 4.69) is 10.6 Å². The number of ketones is 1. The second-order valence-electron chi connectivity index (χ2n) is 11.4. The number of ether oxygens (including phenoxy) is 3. The molecule has 0 unspecified atom stereocenters. The molecule has 1 aliphatic heterocycles. The molecule has 39 heavy (non-hydrogen) atoms. The van der Waals surface area contributed by atoms with Crippen LogP contribution in [0.4, 0.5) is 0 Å². The lowest BCUT2D eigenvalue weighted by atomic mass is 9.81. The van der Waals surface area contributed by atoms with Crippen LogP contribution in [0.25, 0.3) is 0 Å². The lowest BCUT2D eigenvalue weighted by molar-refractivity contribution is -0.124. The summed E-state index contributed by atoms with van der Waals surface area (Å²) in [6, 6.07) is 5.36. The average Bonchev–Trinajstić information content (AvgIpc) is 3.36. The molecule has 1 saturated heterocycles. The number of methoxy groups -OCH3 is 2. The molecule has 220 valence electrons. The molecule has 0 radical (unpaired) electrons. The van der Waals surface area contributed by atoms with E-state index in [0.29, 0.717) is 49.3 Å². The summed E-state index contributed by atoms with van der Waals surface area (Å²) >= 11 is 0. The molecular weight excluding hydrogens is 498 g/mol. The van der Waals surface area contributed by atoms with Crippen molar-refractivity contribution < 1.29 is 28.9 Å². The van der Waals surface area contributed by atoms with Crippen LogP contribution >= 0.6 is 0 Å². The van der Waals surface area contributed by atoms with Crippen molar-refractivity contribution in [2.24, 2.45) is 11.8 Å². The Kier molecular flexibility index (Phi) is 12.5. The number of rotatable bonds is 16. The molecule has 9 heteroatoms. The maximum absolute atomic E-state index is 13.6. The van der Waals surface area contributed by atoms with Crippen LogP contribution in [0, 0.1) is 11.8 Å². The maximum Gasteiger partial charge on any atom is 0.254 e. The number of Topliss-reactive ketones (excluding diaryl/α,β-unsaturated/α-hetero) is 1. The van der Waals surface area contributed by atoms with E-state index in [9.17, 15) is 14.7 Å². The van der Waals surface area contributed by atoms with E-state index < -0.39 is 5.60 Å². The SMILES string of the molecule is COCCCOc1cc(C(=O)N(C[C@@H]2CNC[C@H]2CNCC(=O)CC2(O)CCCCC2)C(C)C)ccc1OC. The van der Waals surface area contributed by atoms with Crippen LogP contribution in [0.1, 0.15) is 69.2 Å². The number of aliphatic hydroxyl groups is 1. The van der Waals surface area contributed by atoms with Gasteiger partial charge in [0, 0.05) is 51.3 Å². The third kappa shape index (κ3) is 9.45. The highest BCUT2D eigenvalue weighted by Crippen LogP contribution is 2.31. The van der Waals surface area contributed by atoms with Crippen molar-refractivity contribution in [2.75, 3.05) is 60.2 Å². The molecule has 1 aliphatic carbocycles. The number of hydrogen-bond donors (Lipinski definition) is 3. The molecule has 1 aromatic rings. The Morgan fingerprint density at radius 3 is 2.54 bits per heavy atom. The second-order valence-corrected chi connectivity index (χ2v) is 11.4. The van der Waals surface area contributed by atoms with Gasteiger partial charge in [0.05, 0.1) is 25.9 Å². The minimum Gasteiger partial charge on any atom is -0.493 e. The zero-order valence-electron chi connectivity index (χ0n) is 24.3. The van der Waals surface area contributed by atoms with Crippen LogP contribution in [0.2, 0.25) is 0 Å². The van der Waals surface area contributed by atoms with Crippen LogP contribution in [-0.2, 0) is 9.53 Å². The van der Waals surface area contributed by atoms with Gasteiger partial charge in [0.1, 0.15) is 5.78 Å². The molecule has 0 bridgehead atoms. The summed E-state index contributed by atoms with van der Waals surface area (Å²) in [5.41, 5.74) is -0.249. The first kappa shape index (κ1) is 31.3. The van der Waals surface area contributed by atoms with Gasteiger partial charge in [0.15, 0.2) is 11.5 Å². The van der Waals surface area contributed by atoms with E-state index in [1.165, 1.54) is 0 Å². The molecule has 2 aliphatic rings. The second kappa shape index (κ2) is 15.6. The topological polar surface area (TPSA) is 109 Å². The van der Waals surface area contributed by atoms with Crippen LogP contribution in [0.15, 0.2) is 18.2 Å². The van der Waals surface area contributed by atoms with Crippen molar-refractivity contribution in [2.45, 2.75) is 70.4 Å². The highest BCUT2D eigenvalue weighted by atomic mass is 16.5. The fourth-order valence-electron chi connectivity index (χ4n) is 5.71. The minimum absolute atomic E-state index is 0.0256. The number of benzene rings is 1. The third-order valence-corrected chi connectivity index (χ3v) is 8.00. The van der Waals surface area contributed by atoms with E-state index >= 15 is 0 Å². The first-order valence-corrected chi connectivity index (χ1v) is 14.5. The fourth-order valence-corrected chi connectivity index (χ4v) is 5.71. The largest absolute Gasteiger partial charge is 0.493 e. The lowest BCUT2D eigenvalue weighted by Crippen LogP contribution is -2.43. The minimum atomic E-state index is -0.817. The number of hydrogen-bond acceptors (Lipinski definition) is 8. The van der Waals surface area contributed by atoms with E-state index in [4.69, 9.17) is 14.2 Å². The zero-order valence-corrected chi connectivity index (χ0v) is 24.3. The zero-order chi connectivity index (χ0) is 28.3. The van der Waals surface area contributed by atoms with E-state index in [1.807, 2.05) is 18.7 Å². The molecule has 9 nitrogen and oxygen atoms in total. The predicted octanol–water partition coefficient (Wildman–Crippen LogP) is 3.04. The Balaban J connectivity index is 1.56. The van der Waals surface area contributed by atoms with Gasteiger partial charge in [-0.15, -0.1) is 0 Å². The van der Waals surface area contributed by atoms with Gasteiger partial charge >= 0.3 is 0 Å². The van der Waals surface area contributed by atoms with Crippen molar-refractivity contribution >= 4 is 11.7 Å². The highest BCUT2D eigenvalue weighted by Gasteiger charge is 2.33. The van der Waals surface area contributed by atoms with Gasteiger partial charge in [0.25, 0.3) is 5.91 Å². The number of carbonyl (C=O) groups is 2. The van der Waals surface area contributed by atoms with E-state index in [-0.39, 0.29) is 36.6 Å². The Labute approximate surface area is 233 Å². The monoisotopic (exact) mass is 547 g/mol. The van der Waals surface area contributed by atoms with Crippen molar-refractivity contribution in [1.82, 2.24) is 15.5 Å². The normalized spacial score (nSPS) is 20.7. The van der Waals surface area contributed by atoms with Gasteiger partial charge in [-0.05, 0) is 69.8 Å². The van der Waals surface area contributed by atoms with Crippen LogP contribution in [0.3, 0.4) is 0 Å². The number of nitrogens with one attached hydrogen (secondary N) is 2. The molecule has 1 heterocycles. The molecule has 0 aromatic heterocycles. The first-order chi connectivity index (χ1) is 18.8. The van der Waals surface area contributed by atoms with Crippen molar-refractivity contribution in [3.63, 3.8) is 0 Å². The van der Waals surface area contributed by atoms with Crippen molar-refractivity contribution in [1.29, 1.82) is 0 Å². The summed E-state index contributed by atoms with van der Waals surface area (Å²) in [6.07, 6.45) is 5.56. The van der Waals surface area contributed by atoms with E-state index in [0.717, 1.165) is 51.6 Å². The molecular formula is C30H49N3O6. The van der Waals surface area contributed by atoms with Gasteiger partial charge in [-0.3, -0.25) is 9.59 Å². The number of nitrogens with zero attached hydrogens (tertiary/aromatic N) is 1. The molecule has 2 fully saturated rings. The standard InChI is InChI=1S/C30H49N3O6/c1-22(2)33(29(35)23-9-10-27(38-4)28(15-23)39-14-8-13-37-3)21-25-19-31-17-24(25)18-32-20-26(34)16-30(36)11-6-5-7-12-30/h9-10,15,22,24-25,31-32,36H,5-8,11-14,16-21H2,1-4H3/t24-,25-/m0/s1. The van der Waals surface area contributed by atoms with Crippen LogP contribution in [-0.4, -0.2) is 93.5 Å². The van der Waals surface area contributed by atoms with Crippen molar-refractivity contribution in [3.05, 3.63) is 23.8 Å². The third-order valence-electron chi connectivity index (χ3n) is 8.00. The summed E-state index contributed by atoms with van der Waals surface area (Å²) < 4.78 is 16.4. The van der Waals surface area contributed by atoms with Gasteiger partial charge in [-0.1, -0.05) is 19.3 Å². The Hall–Kier alpha value is -2.20. The van der Waals surface area contributed by atoms with Crippen LogP contribution < -0.4 is 20.1 Å². The smallest absolute Gasteiger partial charge is 0.254 e. The fraction of sp³-hybridized carbons (Fsp3) is 0.733. The predicted molar refractivity (Wildman–Crippen MR) is 152 cm³/mol. The first-order valence-electron chi connectivity index (χ1n) is 14.5. The highest BCUT2D eigenvalue weighted by molar-refractivity contribution is 5.95. The summed E-state index contributed by atoms with van der Waals surface area (Å²) in [4.78, 5) is 28.1. The maximum atomic E-state index is 13.6.